The fourth-order valence-corrected chi connectivity index (χ4v) is 4.49. The van der Waals surface area contributed by atoms with E-state index in [0.717, 1.165) is 29.8 Å². The van der Waals surface area contributed by atoms with Crippen molar-refractivity contribution >= 4 is 34.9 Å². The number of nitrogen functional groups attached to an aromatic ring is 1. The molecule has 5 rings (SSSR count). The zero-order valence-corrected chi connectivity index (χ0v) is 20.1. The summed E-state index contributed by atoms with van der Waals surface area (Å²) < 4.78 is 3.86. The van der Waals surface area contributed by atoms with Gasteiger partial charge in [-0.2, -0.15) is 0 Å². The molecule has 3 heterocycles. The highest BCUT2D eigenvalue weighted by atomic mass is 32.1. The van der Waals surface area contributed by atoms with E-state index in [1.54, 1.807) is 36.5 Å². The average Bonchev–Trinajstić information content (AvgIpc) is 3.45. The smallest absolute Gasteiger partial charge is 0.274 e. The number of anilines is 2. The van der Waals surface area contributed by atoms with Crippen molar-refractivity contribution in [1.82, 2.24) is 30.2 Å². The van der Waals surface area contributed by atoms with Gasteiger partial charge in [-0.05, 0) is 60.7 Å². The van der Waals surface area contributed by atoms with Crippen LogP contribution in [0, 0.1) is 0 Å². The Morgan fingerprint density at radius 3 is 2.67 bits per heavy atom. The number of benzene rings is 2. The molecule has 0 bridgehead atoms. The number of amides is 2. The predicted molar refractivity (Wildman–Crippen MR) is 139 cm³/mol. The molecule has 1 fully saturated rings. The first kappa shape index (κ1) is 23.5. The molecule has 0 spiro atoms. The summed E-state index contributed by atoms with van der Waals surface area (Å²) in [6.07, 6.45) is 5.10. The van der Waals surface area contributed by atoms with Gasteiger partial charge in [-0.3, -0.25) is 9.59 Å². The Kier molecular flexibility index (Phi) is 6.92. The van der Waals surface area contributed by atoms with Gasteiger partial charge >= 0.3 is 0 Å². The normalized spacial score (nSPS) is 15.3. The molecule has 1 saturated heterocycles. The SMILES string of the molecule is Nc1ncc(-c2cccc(NC(=O)c3ccc(-c4cnns4)cc3)c2)nc1C(=O)NC1CCCNC1. The molecule has 1 aliphatic heterocycles. The van der Waals surface area contributed by atoms with E-state index in [1.807, 2.05) is 18.2 Å². The molecule has 0 saturated carbocycles. The molecule has 11 heteroatoms. The lowest BCUT2D eigenvalue weighted by Crippen LogP contribution is -2.46. The number of nitrogens with zero attached hydrogens (tertiary/aromatic N) is 4. The van der Waals surface area contributed by atoms with Gasteiger partial charge in [0.15, 0.2) is 11.5 Å². The lowest BCUT2D eigenvalue weighted by atomic mass is 10.1. The number of aromatic nitrogens is 4. The highest BCUT2D eigenvalue weighted by molar-refractivity contribution is 7.09. The van der Waals surface area contributed by atoms with Crippen molar-refractivity contribution in [3.8, 4) is 21.7 Å². The number of nitrogens with two attached hydrogens (primary N) is 1. The van der Waals surface area contributed by atoms with E-state index < -0.39 is 0 Å². The Morgan fingerprint density at radius 1 is 1.06 bits per heavy atom. The number of carbonyl (C=O) groups excluding carboxylic acids is 2. The van der Waals surface area contributed by atoms with Gasteiger partial charge in [-0.25, -0.2) is 9.97 Å². The molecule has 5 N–H and O–H groups in total. The third-order valence-corrected chi connectivity index (χ3v) is 6.57. The lowest BCUT2D eigenvalue weighted by Gasteiger charge is -2.23. The van der Waals surface area contributed by atoms with Crippen molar-refractivity contribution in [2.45, 2.75) is 18.9 Å². The van der Waals surface area contributed by atoms with Crippen molar-refractivity contribution in [3.05, 3.63) is 72.2 Å². The number of piperidine rings is 1. The highest BCUT2D eigenvalue weighted by Crippen LogP contribution is 2.24. The molecule has 2 aromatic heterocycles. The van der Waals surface area contributed by atoms with Crippen molar-refractivity contribution in [3.63, 3.8) is 0 Å². The fraction of sp³-hybridized carbons (Fsp3) is 0.200. The molecular weight excluding hydrogens is 476 g/mol. The second-order valence-electron chi connectivity index (χ2n) is 8.40. The summed E-state index contributed by atoms with van der Waals surface area (Å²) in [4.78, 5) is 35.2. The minimum atomic E-state index is -0.349. The van der Waals surface area contributed by atoms with E-state index >= 15 is 0 Å². The van der Waals surface area contributed by atoms with E-state index in [-0.39, 0.29) is 29.4 Å². The van der Waals surface area contributed by atoms with Crippen molar-refractivity contribution in [2.24, 2.45) is 0 Å². The van der Waals surface area contributed by atoms with Gasteiger partial charge in [-0.1, -0.05) is 28.8 Å². The molecule has 182 valence electrons. The third kappa shape index (κ3) is 5.37. The number of hydrogen-bond donors (Lipinski definition) is 4. The number of rotatable bonds is 6. The molecule has 1 atom stereocenters. The fourth-order valence-electron chi connectivity index (χ4n) is 3.97. The van der Waals surface area contributed by atoms with Crippen LogP contribution in [0.25, 0.3) is 21.7 Å². The van der Waals surface area contributed by atoms with Gasteiger partial charge in [0, 0.05) is 29.4 Å². The molecule has 0 aliphatic carbocycles. The molecule has 4 aromatic rings. The summed E-state index contributed by atoms with van der Waals surface area (Å²) in [6, 6.07) is 14.5. The van der Waals surface area contributed by atoms with Crippen LogP contribution in [0.5, 0.6) is 0 Å². The van der Waals surface area contributed by atoms with Crippen LogP contribution in [0.1, 0.15) is 33.7 Å². The molecule has 1 aliphatic rings. The van der Waals surface area contributed by atoms with Crippen LogP contribution in [-0.4, -0.2) is 50.5 Å². The van der Waals surface area contributed by atoms with E-state index in [2.05, 4.69) is 35.5 Å². The maximum atomic E-state index is 12.8. The third-order valence-electron chi connectivity index (χ3n) is 5.86. The molecule has 2 amide bonds. The van der Waals surface area contributed by atoms with Gasteiger partial charge < -0.3 is 21.7 Å². The van der Waals surface area contributed by atoms with Gasteiger partial charge in [-0.15, -0.1) is 5.10 Å². The molecule has 10 nitrogen and oxygen atoms in total. The Hall–Kier alpha value is -4.22. The van der Waals surface area contributed by atoms with E-state index in [1.165, 1.54) is 17.7 Å². The van der Waals surface area contributed by atoms with Gasteiger partial charge in [0.1, 0.15) is 0 Å². The summed E-state index contributed by atoms with van der Waals surface area (Å²) >= 11 is 1.30. The van der Waals surface area contributed by atoms with Crippen LogP contribution in [0.3, 0.4) is 0 Å². The maximum absolute atomic E-state index is 12.8. The van der Waals surface area contributed by atoms with Gasteiger partial charge in [0.2, 0.25) is 0 Å². The minimum Gasteiger partial charge on any atom is -0.382 e. The van der Waals surface area contributed by atoms with Crippen molar-refractivity contribution in [1.29, 1.82) is 0 Å². The first-order chi connectivity index (χ1) is 17.6. The number of nitrogens with one attached hydrogen (secondary N) is 3. The quantitative estimate of drug-likeness (QED) is 0.316. The summed E-state index contributed by atoms with van der Waals surface area (Å²) in [5.74, 6) is -0.523. The van der Waals surface area contributed by atoms with E-state index in [4.69, 9.17) is 5.73 Å². The zero-order valence-electron chi connectivity index (χ0n) is 19.3. The van der Waals surface area contributed by atoms with Crippen LogP contribution in [0.4, 0.5) is 11.5 Å². The van der Waals surface area contributed by atoms with E-state index in [9.17, 15) is 9.59 Å². The van der Waals surface area contributed by atoms with Gasteiger partial charge in [0.05, 0.1) is 23.0 Å². The topological polar surface area (TPSA) is 148 Å². The molecular formula is C25H24N8O2S. The summed E-state index contributed by atoms with van der Waals surface area (Å²) in [6.45, 7) is 1.66. The highest BCUT2D eigenvalue weighted by Gasteiger charge is 2.20. The van der Waals surface area contributed by atoms with Crippen LogP contribution in [-0.2, 0) is 0 Å². The molecule has 2 aromatic carbocycles. The second-order valence-corrected chi connectivity index (χ2v) is 9.19. The zero-order chi connectivity index (χ0) is 24.9. The number of hydrogen-bond acceptors (Lipinski definition) is 9. The lowest BCUT2D eigenvalue weighted by molar-refractivity contribution is 0.0925. The molecule has 36 heavy (non-hydrogen) atoms. The monoisotopic (exact) mass is 500 g/mol. The largest absolute Gasteiger partial charge is 0.382 e. The minimum absolute atomic E-state index is 0.0300. The molecule has 0 radical (unpaired) electrons. The van der Waals surface area contributed by atoms with Crippen LogP contribution in [0.2, 0.25) is 0 Å². The Bertz CT molecular complexity index is 1370. The van der Waals surface area contributed by atoms with Crippen LogP contribution in [0.15, 0.2) is 60.9 Å². The maximum Gasteiger partial charge on any atom is 0.274 e. The predicted octanol–water partition coefficient (Wildman–Crippen LogP) is 2.98. The first-order valence-electron chi connectivity index (χ1n) is 11.5. The summed E-state index contributed by atoms with van der Waals surface area (Å²) in [5, 5.41) is 13.0. The summed E-state index contributed by atoms with van der Waals surface area (Å²) in [7, 11) is 0. The second kappa shape index (κ2) is 10.6. The standard InChI is InChI=1S/C25H24N8O2S/c26-23-22(25(35)31-19-5-2-10-27-12-19)32-20(13-28-23)17-3-1-4-18(11-17)30-24(34)16-8-6-15(7-9-16)21-14-29-33-36-21/h1,3-4,6-9,11,13-14,19,27H,2,5,10,12H2,(H2,26,28)(H,30,34)(H,31,35). The number of carbonyl (C=O) groups is 2. The van der Waals surface area contributed by atoms with Crippen LogP contribution >= 0.6 is 11.5 Å². The first-order valence-corrected chi connectivity index (χ1v) is 12.3. The molecule has 1 unspecified atom stereocenters. The summed E-state index contributed by atoms with van der Waals surface area (Å²) in [5.41, 5.74) is 9.28. The van der Waals surface area contributed by atoms with Crippen molar-refractivity contribution in [2.75, 3.05) is 24.1 Å². The Morgan fingerprint density at radius 2 is 1.92 bits per heavy atom. The Labute approximate surface area is 211 Å². The van der Waals surface area contributed by atoms with Crippen LogP contribution < -0.4 is 21.7 Å². The van der Waals surface area contributed by atoms with Gasteiger partial charge in [0.25, 0.3) is 11.8 Å². The van der Waals surface area contributed by atoms with Crippen molar-refractivity contribution < 1.29 is 9.59 Å². The average molecular weight is 501 g/mol. The van der Waals surface area contributed by atoms with E-state index in [0.29, 0.717) is 29.1 Å². The Balaban J connectivity index is 1.30.